The summed E-state index contributed by atoms with van der Waals surface area (Å²) in [5.74, 6) is 0. The van der Waals surface area contributed by atoms with Crippen molar-refractivity contribution in [3.8, 4) is 0 Å². The Hall–Kier alpha value is -0.910. The first-order valence-corrected chi connectivity index (χ1v) is 6.86. The highest BCUT2D eigenvalue weighted by Crippen LogP contribution is 2.18. The van der Waals surface area contributed by atoms with Gasteiger partial charge in [-0.25, -0.2) is 0 Å². The standard InChI is InChI=1S/C13H23N5/c1-11-7-12(15-14-11)8-17-9-13(10-17)18-5-3-16(2)4-6-18/h7,13H,3-6,8-10H2,1-2H3,(H,14,15). The van der Waals surface area contributed by atoms with Gasteiger partial charge in [0, 0.05) is 57.5 Å². The third kappa shape index (κ3) is 2.58. The van der Waals surface area contributed by atoms with Crippen molar-refractivity contribution in [3.05, 3.63) is 17.5 Å². The van der Waals surface area contributed by atoms with Gasteiger partial charge in [-0.2, -0.15) is 5.10 Å². The van der Waals surface area contributed by atoms with E-state index in [9.17, 15) is 0 Å². The van der Waals surface area contributed by atoms with E-state index >= 15 is 0 Å². The molecule has 2 fully saturated rings. The SMILES string of the molecule is Cc1cc(CN2CC(N3CCN(C)CC3)C2)n[nH]1. The van der Waals surface area contributed by atoms with Crippen LogP contribution < -0.4 is 0 Å². The summed E-state index contributed by atoms with van der Waals surface area (Å²) in [6.45, 7) is 10.4. The third-order valence-electron chi connectivity index (χ3n) is 4.14. The minimum Gasteiger partial charge on any atom is -0.304 e. The second kappa shape index (κ2) is 4.99. The van der Waals surface area contributed by atoms with Gasteiger partial charge in [-0.05, 0) is 20.0 Å². The van der Waals surface area contributed by atoms with Gasteiger partial charge in [-0.15, -0.1) is 0 Å². The molecule has 0 atom stereocenters. The number of hydrogen-bond donors (Lipinski definition) is 1. The van der Waals surface area contributed by atoms with Crippen LogP contribution >= 0.6 is 0 Å². The molecule has 0 aromatic carbocycles. The number of hydrogen-bond acceptors (Lipinski definition) is 4. The van der Waals surface area contributed by atoms with E-state index < -0.39 is 0 Å². The number of H-pyrrole nitrogens is 1. The molecular weight excluding hydrogens is 226 g/mol. The predicted molar refractivity (Wildman–Crippen MR) is 71.5 cm³/mol. The fraction of sp³-hybridized carbons (Fsp3) is 0.769. The molecule has 0 aliphatic carbocycles. The molecule has 0 spiro atoms. The van der Waals surface area contributed by atoms with Crippen LogP contribution in [0.3, 0.4) is 0 Å². The van der Waals surface area contributed by atoms with Crippen LogP contribution in [-0.4, -0.2) is 77.3 Å². The van der Waals surface area contributed by atoms with E-state index in [1.165, 1.54) is 45.0 Å². The highest BCUT2D eigenvalue weighted by atomic mass is 15.3. The van der Waals surface area contributed by atoms with Crippen molar-refractivity contribution in [2.45, 2.75) is 19.5 Å². The lowest BCUT2D eigenvalue weighted by atomic mass is 10.1. The topological polar surface area (TPSA) is 38.4 Å². The van der Waals surface area contributed by atoms with E-state index in [0.29, 0.717) is 0 Å². The Labute approximate surface area is 109 Å². The van der Waals surface area contributed by atoms with Gasteiger partial charge in [0.05, 0.1) is 5.69 Å². The summed E-state index contributed by atoms with van der Waals surface area (Å²) in [5.41, 5.74) is 2.32. The molecule has 1 aromatic heterocycles. The number of nitrogens with zero attached hydrogens (tertiary/aromatic N) is 4. The summed E-state index contributed by atoms with van der Waals surface area (Å²) in [7, 11) is 2.21. The highest BCUT2D eigenvalue weighted by Gasteiger charge is 2.32. The fourth-order valence-electron chi connectivity index (χ4n) is 2.87. The van der Waals surface area contributed by atoms with Crippen molar-refractivity contribution in [1.82, 2.24) is 24.9 Å². The molecule has 0 unspecified atom stereocenters. The summed E-state index contributed by atoms with van der Waals surface area (Å²) in [6, 6.07) is 2.92. The van der Waals surface area contributed by atoms with Crippen molar-refractivity contribution in [2.75, 3.05) is 46.3 Å². The van der Waals surface area contributed by atoms with Gasteiger partial charge in [-0.3, -0.25) is 14.9 Å². The molecule has 1 N–H and O–H groups in total. The van der Waals surface area contributed by atoms with Crippen LogP contribution in [0.4, 0.5) is 0 Å². The van der Waals surface area contributed by atoms with Crippen molar-refractivity contribution < 1.29 is 0 Å². The van der Waals surface area contributed by atoms with Crippen LogP contribution in [0.2, 0.25) is 0 Å². The number of likely N-dealkylation sites (tertiary alicyclic amines) is 1. The van der Waals surface area contributed by atoms with Crippen LogP contribution in [0.15, 0.2) is 6.07 Å². The van der Waals surface area contributed by atoms with Crippen molar-refractivity contribution >= 4 is 0 Å². The number of rotatable bonds is 3. The molecule has 0 bridgehead atoms. The molecule has 5 heteroatoms. The first-order valence-electron chi connectivity index (χ1n) is 6.86. The highest BCUT2D eigenvalue weighted by molar-refractivity contribution is 5.07. The zero-order valence-corrected chi connectivity index (χ0v) is 11.4. The fourth-order valence-corrected chi connectivity index (χ4v) is 2.87. The molecule has 0 saturated carbocycles. The van der Waals surface area contributed by atoms with Gasteiger partial charge in [0.1, 0.15) is 0 Å². The molecule has 18 heavy (non-hydrogen) atoms. The maximum atomic E-state index is 4.30. The summed E-state index contributed by atoms with van der Waals surface area (Å²) >= 11 is 0. The number of aryl methyl sites for hydroxylation is 1. The summed E-state index contributed by atoms with van der Waals surface area (Å²) in [4.78, 5) is 7.55. The van der Waals surface area contributed by atoms with E-state index in [-0.39, 0.29) is 0 Å². The summed E-state index contributed by atoms with van der Waals surface area (Å²) in [5, 5.41) is 7.31. The maximum absolute atomic E-state index is 4.30. The van der Waals surface area contributed by atoms with E-state index in [2.05, 4.69) is 44.9 Å². The average Bonchev–Trinajstić information content (AvgIpc) is 2.71. The quantitative estimate of drug-likeness (QED) is 0.827. The van der Waals surface area contributed by atoms with E-state index in [4.69, 9.17) is 0 Å². The van der Waals surface area contributed by atoms with Crippen LogP contribution in [-0.2, 0) is 6.54 Å². The lowest BCUT2D eigenvalue weighted by molar-refractivity contribution is 0.00487. The van der Waals surface area contributed by atoms with Crippen LogP contribution in [0, 0.1) is 6.92 Å². The molecule has 2 aliphatic rings. The molecule has 2 aliphatic heterocycles. The normalized spacial score (nSPS) is 24.3. The van der Waals surface area contributed by atoms with E-state index in [0.717, 1.165) is 18.3 Å². The van der Waals surface area contributed by atoms with E-state index in [1.807, 2.05) is 0 Å². The summed E-state index contributed by atoms with van der Waals surface area (Å²) in [6.07, 6.45) is 0. The van der Waals surface area contributed by atoms with Crippen molar-refractivity contribution in [3.63, 3.8) is 0 Å². The number of aromatic amines is 1. The van der Waals surface area contributed by atoms with Gasteiger partial charge >= 0.3 is 0 Å². The largest absolute Gasteiger partial charge is 0.304 e. The van der Waals surface area contributed by atoms with Crippen molar-refractivity contribution in [1.29, 1.82) is 0 Å². The van der Waals surface area contributed by atoms with Crippen LogP contribution in [0.25, 0.3) is 0 Å². The maximum Gasteiger partial charge on any atom is 0.0765 e. The lowest BCUT2D eigenvalue weighted by Gasteiger charge is -2.47. The smallest absolute Gasteiger partial charge is 0.0765 e. The first kappa shape index (κ1) is 12.1. The van der Waals surface area contributed by atoms with Gasteiger partial charge < -0.3 is 4.90 Å². The minimum atomic E-state index is 0.777. The van der Waals surface area contributed by atoms with E-state index in [1.54, 1.807) is 0 Å². The first-order chi connectivity index (χ1) is 8.70. The Kier molecular flexibility index (Phi) is 3.37. The predicted octanol–water partition coefficient (Wildman–Crippen LogP) is 0.150. The van der Waals surface area contributed by atoms with Gasteiger partial charge in [-0.1, -0.05) is 0 Å². The monoisotopic (exact) mass is 249 g/mol. The zero-order valence-electron chi connectivity index (χ0n) is 11.4. The molecule has 0 amide bonds. The molecule has 5 nitrogen and oxygen atoms in total. The third-order valence-corrected chi connectivity index (χ3v) is 4.14. The van der Waals surface area contributed by atoms with Gasteiger partial charge in [0.15, 0.2) is 0 Å². The minimum absolute atomic E-state index is 0.777. The Morgan fingerprint density at radius 2 is 2.00 bits per heavy atom. The lowest BCUT2D eigenvalue weighted by Crippen LogP contribution is -2.62. The molecule has 0 radical (unpaired) electrons. The Bertz CT molecular complexity index is 388. The Morgan fingerprint density at radius 3 is 2.61 bits per heavy atom. The van der Waals surface area contributed by atoms with Gasteiger partial charge in [0.2, 0.25) is 0 Å². The van der Waals surface area contributed by atoms with Crippen LogP contribution in [0.1, 0.15) is 11.4 Å². The number of aromatic nitrogens is 2. The molecule has 2 saturated heterocycles. The molecule has 100 valence electrons. The average molecular weight is 249 g/mol. The molecule has 3 heterocycles. The Balaban J connectivity index is 1.43. The molecular formula is C13H23N5. The van der Waals surface area contributed by atoms with Crippen LogP contribution in [0.5, 0.6) is 0 Å². The number of nitrogens with one attached hydrogen (secondary N) is 1. The second-order valence-electron chi connectivity index (χ2n) is 5.73. The number of likely N-dealkylation sites (N-methyl/N-ethyl adjacent to an activating group) is 1. The molecule has 1 aromatic rings. The number of piperazine rings is 1. The van der Waals surface area contributed by atoms with Crippen molar-refractivity contribution in [2.24, 2.45) is 0 Å². The molecule has 3 rings (SSSR count). The van der Waals surface area contributed by atoms with Gasteiger partial charge in [0.25, 0.3) is 0 Å². The second-order valence-corrected chi connectivity index (χ2v) is 5.73. The Morgan fingerprint density at radius 1 is 1.28 bits per heavy atom. The summed E-state index contributed by atoms with van der Waals surface area (Å²) < 4.78 is 0. The zero-order chi connectivity index (χ0) is 12.5.